The van der Waals surface area contributed by atoms with Crippen molar-refractivity contribution in [3.8, 4) is 0 Å². The first-order chi connectivity index (χ1) is 6.88. The molecule has 0 bridgehead atoms. The van der Waals surface area contributed by atoms with Crippen molar-refractivity contribution < 1.29 is 0 Å². The lowest BCUT2D eigenvalue weighted by Crippen LogP contribution is -1.98. The maximum absolute atomic E-state index is 5.50. The largest absolute Gasteiger partial charge is 0.339 e. The van der Waals surface area contributed by atoms with E-state index in [1.54, 1.807) is 30.4 Å². The fourth-order valence-corrected chi connectivity index (χ4v) is 1.84. The van der Waals surface area contributed by atoms with E-state index in [0.717, 1.165) is 15.7 Å². The van der Waals surface area contributed by atoms with E-state index in [1.807, 2.05) is 12.1 Å². The van der Waals surface area contributed by atoms with Crippen molar-refractivity contribution in [2.75, 3.05) is 0 Å². The predicted molar refractivity (Wildman–Crippen MR) is 54.8 cm³/mol. The van der Waals surface area contributed by atoms with Gasteiger partial charge in [0.15, 0.2) is 5.16 Å². The van der Waals surface area contributed by atoms with Gasteiger partial charge in [-0.25, -0.2) is 4.98 Å². The molecule has 2 aromatic rings. The quantitative estimate of drug-likeness (QED) is 0.796. The fourth-order valence-electron chi connectivity index (χ4n) is 1.05. The third-order valence-electron chi connectivity index (χ3n) is 1.68. The molecule has 0 radical (unpaired) electrons. The molecule has 4 nitrogen and oxygen atoms in total. The molecule has 0 aliphatic rings. The second-order valence-corrected chi connectivity index (χ2v) is 3.75. The molecule has 2 aromatic heterocycles. The molecule has 3 N–H and O–H groups in total. The second kappa shape index (κ2) is 4.26. The topological polar surface area (TPSA) is 67.6 Å². The van der Waals surface area contributed by atoms with Gasteiger partial charge in [-0.3, -0.25) is 4.98 Å². The monoisotopic (exact) mass is 206 g/mol. The zero-order chi connectivity index (χ0) is 9.80. The number of hydrogen-bond donors (Lipinski definition) is 2. The number of nitrogens with two attached hydrogens (primary N) is 1. The maximum Gasteiger partial charge on any atom is 0.170 e. The van der Waals surface area contributed by atoms with Gasteiger partial charge in [0.2, 0.25) is 0 Å². The molecule has 0 saturated heterocycles. The molecule has 0 saturated carbocycles. The average Bonchev–Trinajstić information content (AvgIpc) is 2.71. The fraction of sp³-hybridized carbons (Fsp3) is 0.111. The summed E-state index contributed by atoms with van der Waals surface area (Å²) in [4.78, 5) is 12.4. The number of rotatable bonds is 3. The first kappa shape index (κ1) is 9.23. The zero-order valence-corrected chi connectivity index (χ0v) is 8.29. The molecule has 0 amide bonds. The third-order valence-corrected chi connectivity index (χ3v) is 2.59. The summed E-state index contributed by atoms with van der Waals surface area (Å²) in [5.74, 6) is 0. The first-order valence-electron chi connectivity index (χ1n) is 4.21. The molecule has 0 atom stereocenters. The van der Waals surface area contributed by atoms with E-state index >= 15 is 0 Å². The van der Waals surface area contributed by atoms with Gasteiger partial charge in [-0.05, 0) is 12.1 Å². The van der Waals surface area contributed by atoms with Crippen molar-refractivity contribution in [3.05, 3.63) is 36.4 Å². The number of nitrogens with one attached hydrogen (secondary N) is 1. The normalized spacial score (nSPS) is 10.4. The van der Waals surface area contributed by atoms with Crippen LogP contribution < -0.4 is 5.73 Å². The molecule has 72 valence electrons. The van der Waals surface area contributed by atoms with E-state index in [4.69, 9.17) is 5.73 Å². The highest BCUT2D eigenvalue weighted by Gasteiger charge is 2.00. The average molecular weight is 206 g/mol. The second-order valence-electron chi connectivity index (χ2n) is 2.68. The number of pyridine rings is 1. The smallest absolute Gasteiger partial charge is 0.170 e. The summed E-state index contributed by atoms with van der Waals surface area (Å²) in [5.41, 5.74) is 6.39. The lowest BCUT2D eigenvalue weighted by Gasteiger charge is -1.99. The first-order valence-corrected chi connectivity index (χ1v) is 5.02. The van der Waals surface area contributed by atoms with Crippen molar-refractivity contribution in [2.45, 2.75) is 16.6 Å². The van der Waals surface area contributed by atoms with E-state index in [0.29, 0.717) is 6.54 Å². The minimum Gasteiger partial charge on any atom is -0.339 e. The molecule has 5 heteroatoms. The molecule has 0 fully saturated rings. The van der Waals surface area contributed by atoms with Crippen LogP contribution in [-0.2, 0) is 6.54 Å². The highest BCUT2D eigenvalue weighted by Crippen LogP contribution is 2.23. The van der Waals surface area contributed by atoms with Gasteiger partial charge in [0.25, 0.3) is 0 Å². The Bertz CT molecular complexity index is 399. The Morgan fingerprint density at radius 3 is 3.00 bits per heavy atom. The van der Waals surface area contributed by atoms with Crippen LogP contribution in [0.2, 0.25) is 0 Å². The van der Waals surface area contributed by atoms with Crippen molar-refractivity contribution in [3.63, 3.8) is 0 Å². The Balaban J connectivity index is 2.17. The Hall–Kier alpha value is -1.33. The van der Waals surface area contributed by atoms with Crippen molar-refractivity contribution in [1.82, 2.24) is 15.0 Å². The molecule has 0 aliphatic carbocycles. The predicted octanol–water partition coefficient (Wildman–Crippen LogP) is 1.41. The van der Waals surface area contributed by atoms with Gasteiger partial charge in [-0.2, -0.15) is 0 Å². The van der Waals surface area contributed by atoms with Gasteiger partial charge in [-0.1, -0.05) is 11.8 Å². The van der Waals surface area contributed by atoms with Gasteiger partial charge >= 0.3 is 0 Å². The third kappa shape index (κ3) is 2.12. The Morgan fingerprint density at radius 2 is 2.29 bits per heavy atom. The van der Waals surface area contributed by atoms with Crippen LogP contribution in [-0.4, -0.2) is 15.0 Å². The van der Waals surface area contributed by atoms with Gasteiger partial charge < -0.3 is 10.7 Å². The Kier molecular flexibility index (Phi) is 2.81. The van der Waals surface area contributed by atoms with Crippen LogP contribution in [0.15, 0.2) is 40.8 Å². The van der Waals surface area contributed by atoms with Gasteiger partial charge in [0, 0.05) is 30.0 Å². The van der Waals surface area contributed by atoms with E-state index in [-0.39, 0.29) is 0 Å². The summed E-state index contributed by atoms with van der Waals surface area (Å²) in [5, 5.41) is 0.874. The number of aromatic amines is 1. The highest BCUT2D eigenvalue weighted by atomic mass is 32.2. The van der Waals surface area contributed by atoms with Crippen molar-refractivity contribution in [1.29, 1.82) is 0 Å². The zero-order valence-electron chi connectivity index (χ0n) is 7.47. The molecular weight excluding hydrogens is 196 g/mol. The lowest BCUT2D eigenvalue weighted by molar-refractivity contribution is 0.974. The van der Waals surface area contributed by atoms with Crippen LogP contribution >= 0.6 is 11.8 Å². The van der Waals surface area contributed by atoms with Gasteiger partial charge in [-0.15, -0.1) is 0 Å². The van der Waals surface area contributed by atoms with Crippen molar-refractivity contribution >= 4 is 11.8 Å². The van der Waals surface area contributed by atoms with E-state index in [1.165, 1.54) is 0 Å². The summed E-state index contributed by atoms with van der Waals surface area (Å²) in [6.45, 7) is 0.465. The van der Waals surface area contributed by atoms with Crippen LogP contribution in [0.3, 0.4) is 0 Å². The molecule has 0 aromatic carbocycles. The van der Waals surface area contributed by atoms with Gasteiger partial charge in [0.05, 0.1) is 5.69 Å². The van der Waals surface area contributed by atoms with Crippen LogP contribution in [0.5, 0.6) is 0 Å². The SMILES string of the molecule is NCc1cc(Sc2ncc[nH]2)ccn1. The number of H-pyrrole nitrogens is 1. The maximum atomic E-state index is 5.50. The van der Waals surface area contributed by atoms with Gasteiger partial charge in [0.1, 0.15) is 0 Å². The van der Waals surface area contributed by atoms with E-state index < -0.39 is 0 Å². The minimum absolute atomic E-state index is 0.465. The van der Waals surface area contributed by atoms with Crippen molar-refractivity contribution in [2.24, 2.45) is 5.73 Å². The summed E-state index contributed by atoms with van der Waals surface area (Å²) in [7, 11) is 0. The molecule has 2 heterocycles. The number of nitrogens with zero attached hydrogens (tertiary/aromatic N) is 2. The molecular formula is C9H10N4S. The van der Waals surface area contributed by atoms with Crippen LogP contribution in [0.1, 0.15) is 5.69 Å². The van der Waals surface area contributed by atoms with E-state index in [2.05, 4.69) is 15.0 Å². The minimum atomic E-state index is 0.465. The number of aromatic nitrogens is 3. The van der Waals surface area contributed by atoms with Crippen LogP contribution in [0.4, 0.5) is 0 Å². The molecule has 14 heavy (non-hydrogen) atoms. The lowest BCUT2D eigenvalue weighted by atomic mass is 10.3. The Morgan fingerprint density at radius 1 is 1.36 bits per heavy atom. The number of hydrogen-bond acceptors (Lipinski definition) is 4. The number of imidazole rings is 1. The summed E-state index contributed by atoms with van der Waals surface area (Å²) in [6, 6.07) is 3.90. The standard InChI is InChI=1S/C9H10N4S/c10-6-7-5-8(1-2-11-7)14-9-12-3-4-13-9/h1-5H,6,10H2,(H,12,13). The highest BCUT2D eigenvalue weighted by molar-refractivity contribution is 7.99. The molecule has 0 aliphatic heterocycles. The van der Waals surface area contributed by atoms with Crippen LogP contribution in [0.25, 0.3) is 0 Å². The molecule has 2 rings (SSSR count). The molecule has 0 unspecified atom stereocenters. The Labute approximate surface area is 86.0 Å². The summed E-state index contributed by atoms with van der Waals surface area (Å²) < 4.78 is 0. The van der Waals surface area contributed by atoms with Crippen LogP contribution in [0, 0.1) is 0 Å². The summed E-state index contributed by atoms with van der Waals surface area (Å²) >= 11 is 1.56. The molecule has 0 spiro atoms. The summed E-state index contributed by atoms with van der Waals surface area (Å²) in [6.07, 6.45) is 5.29. The van der Waals surface area contributed by atoms with E-state index in [9.17, 15) is 0 Å².